The quantitative estimate of drug-likeness (QED) is 0.697. The summed E-state index contributed by atoms with van der Waals surface area (Å²) in [7, 11) is 1.93. The Kier molecular flexibility index (Phi) is 3.41. The maximum absolute atomic E-state index is 8.68. The molecule has 0 aromatic carbocycles. The number of nitriles is 1. The maximum Gasteiger partial charge on any atom is 0.0949 e. The van der Waals surface area contributed by atoms with Gasteiger partial charge in [-0.25, -0.2) is 0 Å². The molecule has 3 heteroatoms. The van der Waals surface area contributed by atoms with Crippen LogP contribution in [0.15, 0.2) is 24.5 Å². The molecule has 0 saturated heterocycles. The van der Waals surface area contributed by atoms with Crippen LogP contribution in [0.2, 0.25) is 0 Å². The van der Waals surface area contributed by atoms with E-state index in [1.165, 1.54) is 0 Å². The average molecular weight is 175 g/mol. The highest BCUT2D eigenvalue weighted by Crippen LogP contribution is 2.03. The Morgan fingerprint density at radius 3 is 3.00 bits per heavy atom. The van der Waals surface area contributed by atoms with Crippen molar-refractivity contribution >= 4 is 0 Å². The van der Waals surface area contributed by atoms with Crippen LogP contribution in [-0.2, 0) is 6.54 Å². The van der Waals surface area contributed by atoms with Gasteiger partial charge in [-0.2, -0.15) is 5.26 Å². The summed E-state index contributed by atoms with van der Waals surface area (Å²) in [6.45, 7) is 2.65. The van der Waals surface area contributed by atoms with E-state index < -0.39 is 0 Å². The first-order chi connectivity index (χ1) is 6.24. The van der Waals surface area contributed by atoms with Gasteiger partial charge in [0.05, 0.1) is 12.1 Å². The van der Waals surface area contributed by atoms with Crippen LogP contribution in [0, 0.1) is 11.3 Å². The fourth-order valence-electron chi connectivity index (χ4n) is 1.02. The van der Waals surface area contributed by atoms with Gasteiger partial charge in [0.15, 0.2) is 0 Å². The molecule has 0 aliphatic rings. The third-order valence-corrected chi connectivity index (χ3v) is 2.00. The van der Waals surface area contributed by atoms with Crippen LogP contribution in [0.3, 0.4) is 0 Å². The van der Waals surface area contributed by atoms with Crippen LogP contribution in [-0.4, -0.2) is 23.0 Å². The van der Waals surface area contributed by atoms with E-state index in [-0.39, 0.29) is 6.04 Å². The zero-order chi connectivity index (χ0) is 9.68. The van der Waals surface area contributed by atoms with Gasteiger partial charge in [-0.05, 0) is 25.6 Å². The van der Waals surface area contributed by atoms with Gasteiger partial charge in [-0.1, -0.05) is 6.07 Å². The SMILES string of the molecule is CC(C#N)N(C)Cc1cccnc1. The Morgan fingerprint density at radius 2 is 2.46 bits per heavy atom. The minimum Gasteiger partial charge on any atom is -0.287 e. The maximum atomic E-state index is 8.68. The van der Waals surface area contributed by atoms with E-state index in [4.69, 9.17) is 5.26 Å². The third kappa shape index (κ3) is 2.85. The molecule has 0 aliphatic carbocycles. The first-order valence-electron chi connectivity index (χ1n) is 4.23. The number of hydrogen-bond donors (Lipinski definition) is 0. The molecule has 68 valence electrons. The Hall–Kier alpha value is -1.40. The standard InChI is InChI=1S/C10H13N3/c1-9(6-11)13(2)8-10-4-3-5-12-7-10/h3-5,7,9H,8H2,1-2H3. The van der Waals surface area contributed by atoms with Gasteiger partial charge in [0.1, 0.15) is 0 Å². The third-order valence-electron chi connectivity index (χ3n) is 2.00. The Labute approximate surface area is 78.6 Å². The van der Waals surface area contributed by atoms with E-state index in [0.717, 1.165) is 12.1 Å². The summed E-state index contributed by atoms with van der Waals surface area (Å²) in [6, 6.07) is 6.05. The van der Waals surface area contributed by atoms with Crippen LogP contribution >= 0.6 is 0 Å². The number of rotatable bonds is 3. The molecule has 1 aromatic heterocycles. The van der Waals surface area contributed by atoms with Crippen LogP contribution < -0.4 is 0 Å². The Bertz CT molecular complexity index is 289. The normalized spacial score (nSPS) is 12.5. The molecular weight excluding hydrogens is 162 g/mol. The van der Waals surface area contributed by atoms with Crippen molar-refractivity contribution in [2.75, 3.05) is 7.05 Å². The smallest absolute Gasteiger partial charge is 0.0949 e. The summed E-state index contributed by atoms with van der Waals surface area (Å²) >= 11 is 0. The summed E-state index contributed by atoms with van der Waals surface area (Å²) < 4.78 is 0. The molecule has 0 fully saturated rings. The van der Waals surface area contributed by atoms with Gasteiger partial charge in [-0.15, -0.1) is 0 Å². The highest BCUT2D eigenvalue weighted by molar-refractivity contribution is 5.08. The molecule has 0 amide bonds. The van der Waals surface area contributed by atoms with E-state index in [1.807, 2.05) is 37.2 Å². The van der Waals surface area contributed by atoms with E-state index in [0.29, 0.717) is 0 Å². The predicted octanol–water partition coefficient (Wildman–Crippen LogP) is 1.43. The first-order valence-corrected chi connectivity index (χ1v) is 4.23. The van der Waals surface area contributed by atoms with Gasteiger partial charge in [0, 0.05) is 18.9 Å². The highest BCUT2D eigenvalue weighted by atomic mass is 15.1. The van der Waals surface area contributed by atoms with Crippen molar-refractivity contribution in [1.82, 2.24) is 9.88 Å². The molecule has 1 unspecified atom stereocenters. The van der Waals surface area contributed by atoms with Crippen molar-refractivity contribution in [2.45, 2.75) is 19.5 Å². The highest BCUT2D eigenvalue weighted by Gasteiger charge is 2.07. The fraction of sp³-hybridized carbons (Fsp3) is 0.400. The predicted molar refractivity (Wildman–Crippen MR) is 50.8 cm³/mol. The second kappa shape index (κ2) is 4.58. The van der Waals surface area contributed by atoms with Gasteiger partial charge >= 0.3 is 0 Å². The van der Waals surface area contributed by atoms with Gasteiger partial charge in [0.25, 0.3) is 0 Å². The number of pyridine rings is 1. The lowest BCUT2D eigenvalue weighted by molar-refractivity contribution is 0.294. The van der Waals surface area contributed by atoms with Crippen molar-refractivity contribution in [1.29, 1.82) is 5.26 Å². The van der Waals surface area contributed by atoms with Crippen LogP contribution in [0.1, 0.15) is 12.5 Å². The Balaban J connectivity index is 2.56. The molecule has 0 N–H and O–H groups in total. The molecule has 0 spiro atoms. The van der Waals surface area contributed by atoms with E-state index in [9.17, 15) is 0 Å². The monoisotopic (exact) mass is 175 g/mol. The zero-order valence-electron chi connectivity index (χ0n) is 7.94. The zero-order valence-corrected chi connectivity index (χ0v) is 7.94. The van der Waals surface area contributed by atoms with Crippen molar-refractivity contribution in [2.24, 2.45) is 0 Å². The van der Waals surface area contributed by atoms with E-state index in [1.54, 1.807) is 6.20 Å². The number of nitrogens with zero attached hydrogens (tertiary/aromatic N) is 3. The lowest BCUT2D eigenvalue weighted by atomic mass is 10.2. The van der Waals surface area contributed by atoms with Gasteiger partial charge in [0.2, 0.25) is 0 Å². The van der Waals surface area contributed by atoms with Crippen LogP contribution in [0.5, 0.6) is 0 Å². The summed E-state index contributed by atoms with van der Waals surface area (Å²) in [4.78, 5) is 6.00. The topological polar surface area (TPSA) is 39.9 Å². The van der Waals surface area contributed by atoms with Gasteiger partial charge in [-0.3, -0.25) is 9.88 Å². The lowest BCUT2D eigenvalue weighted by Gasteiger charge is -2.18. The molecule has 0 saturated carbocycles. The lowest BCUT2D eigenvalue weighted by Crippen LogP contribution is -2.26. The van der Waals surface area contributed by atoms with Crippen molar-refractivity contribution in [3.63, 3.8) is 0 Å². The first kappa shape index (κ1) is 9.69. The molecule has 0 bridgehead atoms. The summed E-state index contributed by atoms with van der Waals surface area (Å²) in [5, 5.41) is 8.68. The van der Waals surface area contributed by atoms with Crippen molar-refractivity contribution < 1.29 is 0 Å². The minimum atomic E-state index is -0.0554. The summed E-state index contributed by atoms with van der Waals surface area (Å²) in [6.07, 6.45) is 3.57. The Morgan fingerprint density at radius 1 is 1.69 bits per heavy atom. The van der Waals surface area contributed by atoms with E-state index >= 15 is 0 Å². The largest absolute Gasteiger partial charge is 0.287 e. The molecule has 1 heterocycles. The number of hydrogen-bond acceptors (Lipinski definition) is 3. The molecular formula is C10H13N3. The van der Waals surface area contributed by atoms with Crippen molar-refractivity contribution in [3.05, 3.63) is 30.1 Å². The second-order valence-electron chi connectivity index (χ2n) is 3.08. The molecule has 13 heavy (non-hydrogen) atoms. The van der Waals surface area contributed by atoms with Gasteiger partial charge < -0.3 is 0 Å². The number of aromatic nitrogens is 1. The van der Waals surface area contributed by atoms with Crippen LogP contribution in [0.25, 0.3) is 0 Å². The summed E-state index contributed by atoms with van der Waals surface area (Å²) in [5.74, 6) is 0. The average Bonchev–Trinajstić information content (AvgIpc) is 2.18. The molecule has 3 nitrogen and oxygen atoms in total. The second-order valence-corrected chi connectivity index (χ2v) is 3.08. The molecule has 0 radical (unpaired) electrons. The molecule has 1 aromatic rings. The molecule has 1 atom stereocenters. The van der Waals surface area contributed by atoms with E-state index in [2.05, 4.69) is 11.1 Å². The molecule has 1 rings (SSSR count). The minimum absolute atomic E-state index is 0.0554. The fourth-order valence-corrected chi connectivity index (χ4v) is 1.02. The van der Waals surface area contributed by atoms with Crippen molar-refractivity contribution in [3.8, 4) is 6.07 Å². The summed E-state index contributed by atoms with van der Waals surface area (Å²) in [5.41, 5.74) is 1.13. The van der Waals surface area contributed by atoms with Crippen LogP contribution in [0.4, 0.5) is 0 Å². The molecule has 0 aliphatic heterocycles.